The van der Waals surface area contributed by atoms with Crippen molar-refractivity contribution in [2.24, 2.45) is 0 Å². The molecule has 2 aromatic carbocycles. The van der Waals surface area contributed by atoms with Crippen LogP contribution in [0.2, 0.25) is 0 Å². The summed E-state index contributed by atoms with van der Waals surface area (Å²) in [6.45, 7) is 1.98. The molecule has 0 amide bonds. The standard InChI is InChI=1S/C24H18N4OS/c1-16-12-13-25-22(14-16)28-23(29)19-7-3-5-9-21(19)27-24(28)30-15-18-11-10-17-6-2-4-8-20(17)26-18/h2-14H,15H2,1H3. The van der Waals surface area contributed by atoms with E-state index in [9.17, 15) is 4.79 Å². The van der Waals surface area contributed by atoms with Crippen LogP contribution in [0.4, 0.5) is 0 Å². The molecule has 0 saturated heterocycles. The summed E-state index contributed by atoms with van der Waals surface area (Å²) in [5, 5.41) is 2.29. The van der Waals surface area contributed by atoms with Crippen molar-refractivity contribution < 1.29 is 0 Å². The molecule has 5 rings (SSSR count). The van der Waals surface area contributed by atoms with E-state index in [2.05, 4.69) is 11.1 Å². The van der Waals surface area contributed by atoms with Gasteiger partial charge in [-0.25, -0.2) is 14.5 Å². The van der Waals surface area contributed by atoms with Gasteiger partial charge in [-0.1, -0.05) is 48.2 Å². The average molecular weight is 411 g/mol. The molecule has 3 aromatic heterocycles. The molecule has 6 heteroatoms. The summed E-state index contributed by atoms with van der Waals surface area (Å²) < 4.78 is 1.60. The predicted octanol–water partition coefficient (Wildman–Crippen LogP) is 4.93. The third-order valence-electron chi connectivity index (χ3n) is 4.88. The minimum Gasteiger partial charge on any atom is -0.268 e. The predicted molar refractivity (Wildman–Crippen MR) is 121 cm³/mol. The van der Waals surface area contributed by atoms with Crippen LogP contribution in [0, 0.1) is 6.92 Å². The van der Waals surface area contributed by atoms with Crippen molar-refractivity contribution in [1.29, 1.82) is 0 Å². The molecule has 146 valence electrons. The van der Waals surface area contributed by atoms with Crippen LogP contribution in [0.15, 0.2) is 88.9 Å². The Kier molecular flexibility index (Phi) is 4.77. The molecule has 5 aromatic rings. The lowest BCUT2D eigenvalue weighted by Crippen LogP contribution is -2.22. The number of fused-ring (bicyclic) bond motifs is 2. The monoisotopic (exact) mass is 410 g/mol. The largest absolute Gasteiger partial charge is 0.268 e. The fourth-order valence-electron chi connectivity index (χ4n) is 3.38. The summed E-state index contributed by atoms with van der Waals surface area (Å²) in [7, 11) is 0. The van der Waals surface area contributed by atoms with Gasteiger partial charge in [-0.05, 0) is 48.9 Å². The lowest BCUT2D eigenvalue weighted by atomic mass is 10.2. The molecule has 0 aliphatic carbocycles. The highest BCUT2D eigenvalue weighted by atomic mass is 32.2. The summed E-state index contributed by atoms with van der Waals surface area (Å²) in [4.78, 5) is 27.2. The Morgan fingerprint density at radius 2 is 1.70 bits per heavy atom. The van der Waals surface area contributed by atoms with E-state index in [1.807, 2.05) is 67.6 Å². The Bertz CT molecular complexity index is 1440. The van der Waals surface area contributed by atoms with Crippen LogP contribution in [0.5, 0.6) is 0 Å². The number of aromatic nitrogens is 4. The number of rotatable bonds is 4. The van der Waals surface area contributed by atoms with Crippen molar-refractivity contribution in [1.82, 2.24) is 19.5 Å². The van der Waals surface area contributed by atoms with Gasteiger partial charge in [0.2, 0.25) is 0 Å². The Hall–Kier alpha value is -3.51. The highest BCUT2D eigenvalue weighted by molar-refractivity contribution is 7.98. The van der Waals surface area contributed by atoms with Crippen LogP contribution in [0.25, 0.3) is 27.6 Å². The molecule has 0 spiro atoms. The van der Waals surface area contributed by atoms with Crippen molar-refractivity contribution in [3.05, 3.63) is 101 Å². The van der Waals surface area contributed by atoms with Crippen LogP contribution in [0.3, 0.4) is 0 Å². The van der Waals surface area contributed by atoms with Crippen LogP contribution in [0.1, 0.15) is 11.3 Å². The van der Waals surface area contributed by atoms with Crippen molar-refractivity contribution >= 4 is 33.6 Å². The van der Waals surface area contributed by atoms with Crippen LogP contribution in [-0.2, 0) is 5.75 Å². The van der Waals surface area contributed by atoms with Gasteiger partial charge in [-0.3, -0.25) is 9.78 Å². The van der Waals surface area contributed by atoms with Gasteiger partial charge < -0.3 is 0 Å². The molecule has 0 unspecified atom stereocenters. The van der Waals surface area contributed by atoms with Gasteiger partial charge in [-0.2, -0.15) is 0 Å². The number of nitrogens with zero attached hydrogens (tertiary/aromatic N) is 4. The van der Waals surface area contributed by atoms with E-state index in [0.29, 0.717) is 27.6 Å². The van der Waals surface area contributed by atoms with Crippen molar-refractivity contribution in [3.8, 4) is 5.82 Å². The lowest BCUT2D eigenvalue weighted by Gasteiger charge is -2.13. The summed E-state index contributed by atoms with van der Waals surface area (Å²) in [5.41, 5.74) is 3.49. The molecule has 0 saturated carbocycles. The third-order valence-corrected chi connectivity index (χ3v) is 5.85. The minimum atomic E-state index is -0.118. The number of hydrogen-bond donors (Lipinski definition) is 0. The second-order valence-corrected chi connectivity index (χ2v) is 7.97. The smallest absolute Gasteiger partial charge is 0.267 e. The molecule has 5 nitrogen and oxygen atoms in total. The van der Waals surface area contributed by atoms with E-state index < -0.39 is 0 Å². The first kappa shape index (κ1) is 18.5. The van der Waals surface area contributed by atoms with Gasteiger partial charge in [0.25, 0.3) is 5.56 Å². The molecule has 0 bridgehead atoms. The van der Waals surface area contributed by atoms with Gasteiger partial charge in [0.1, 0.15) is 5.82 Å². The maximum absolute atomic E-state index is 13.3. The number of benzene rings is 2. The second-order valence-electron chi connectivity index (χ2n) is 7.03. The summed E-state index contributed by atoms with van der Waals surface area (Å²) in [6.07, 6.45) is 1.71. The Balaban J connectivity index is 1.60. The van der Waals surface area contributed by atoms with Gasteiger partial charge >= 0.3 is 0 Å². The van der Waals surface area contributed by atoms with Crippen molar-refractivity contribution in [2.45, 2.75) is 17.8 Å². The van der Waals surface area contributed by atoms with Crippen LogP contribution >= 0.6 is 11.8 Å². The number of para-hydroxylation sites is 2. The zero-order valence-electron chi connectivity index (χ0n) is 16.3. The molecule has 0 aliphatic heterocycles. The zero-order valence-corrected chi connectivity index (χ0v) is 17.1. The topological polar surface area (TPSA) is 60.7 Å². The third kappa shape index (κ3) is 3.46. The highest BCUT2D eigenvalue weighted by Crippen LogP contribution is 2.24. The SMILES string of the molecule is Cc1ccnc(-n2c(SCc3ccc4ccccc4n3)nc3ccccc3c2=O)c1. The Morgan fingerprint density at radius 3 is 2.57 bits per heavy atom. The normalized spacial score (nSPS) is 11.2. The molecular weight excluding hydrogens is 392 g/mol. The zero-order chi connectivity index (χ0) is 20.5. The molecule has 0 radical (unpaired) electrons. The summed E-state index contributed by atoms with van der Waals surface area (Å²) in [5.74, 6) is 1.17. The fourth-order valence-corrected chi connectivity index (χ4v) is 4.29. The lowest BCUT2D eigenvalue weighted by molar-refractivity contribution is 0.794. The number of thioether (sulfide) groups is 1. The average Bonchev–Trinajstić information content (AvgIpc) is 2.77. The van der Waals surface area contributed by atoms with Crippen LogP contribution < -0.4 is 5.56 Å². The molecule has 30 heavy (non-hydrogen) atoms. The molecule has 0 atom stereocenters. The number of pyridine rings is 2. The van der Waals surface area contributed by atoms with Gasteiger partial charge in [0, 0.05) is 17.3 Å². The maximum atomic E-state index is 13.3. The van der Waals surface area contributed by atoms with Gasteiger partial charge in [0.05, 0.1) is 22.1 Å². The highest BCUT2D eigenvalue weighted by Gasteiger charge is 2.14. The summed E-state index contributed by atoms with van der Waals surface area (Å²) >= 11 is 1.49. The molecule has 0 fully saturated rings. The fraction of sp³-hybridized carbons (Fsp3) is 0.0833. The first-order chi connectivity index (χ1) is 14.7. The van der Waals surface area contributed by atoms with E-state index in [4.69, 9.17) is 9.97 Å². The first-order valence-corrected chi connectivity index (χ1v) is 10.6. The molecule has 0 N–H and O–H groups in total. The summed E-state index contributed by atoms with van der Waals surface area (Å²) in [6, 6.07) is 23.3. The van der Waals surface area contributed by atoms with Crippen molar-refractivity contribution in [3.63, 3.8) is 0 Å². The van der Waals surface area contributed by atoms with E-state index in [-0.39, 0.29) is 5.56 Å². The first-order valence-electron chi connectivity index (χ1n) is 9.61. The quantitative estimate of drug-likeness (QED) is 0.311. The second kappa shape index (κ2) is 7.72. The molecule has 0 aliphatic rings. The van der Waals surface area contributed by atoms with E-state index in [1.165, 1.54) is 11.8 Å². The molecular formula is C24H18N4OS. The number of hydrogen-bond acceptors (Lipinski definition) is 5. The van der Waals surface area contributed by atoms with Crippen molar-refractivity contribution in [2.75, 3.05) is 0 Å². The van der Waals surface area contributed by atoms with E-state index in [1.54, 1.807) is 16.8 Å². The van der Waals surface area contributed by atoms with E-state index >= 15 is 0 Å². The Labute approximate surface area is 177 Å². The molecule has 3 heterocycles. The minimum absolute atomic E-state index is 0.118. The number of aryl methyl sites for hydroxylation is 1. The van der Waals surface area contributed by atoms with Gasteiger partial charge in [0.15, 0.2) is 5.16 Å². The van der Waals surface area contributed by atoms with E-state index in [0.717, 1.165) is 22.2 Å². The maximum Gasteiger partial charge on any atom is 0.267 e. The van der Waals surface area contributed by atoms with Gasteiger partial charge in [-0.15, -0.1) is 0 Å². The van der Waals surface area contributed by atoms with Crippen LogP contribution in [-0.4, -0.2) is 19.5 Å². The Morgan fingerprint density at radius 1 is 0.900 bits per heavy atom.